The van der Waals surface area contributed by atoms with Crippen LogP contribution in [0.2, 0.25) is 0 Å². The fourth-order valence-corrected chi connectivity index (χ4v) is 3.48. The van der Waals surface area contributed by atoms with Crippen molar-refractivity contribution in [2.75, 3.05) is 27.9 Å². The molecule has 11 nitrogen and oxygen atoms in total. The van der Waals surface area contributed by atoms with Gasteiger partial charge in [-0.25, -0.2) is 0 Å². The summed E-state index contributed by atoms with van der Waals surface area (Å²) in [5.41, 5.74) is -0.261. The number of amides is 3. The molecular formula is C21H21N3O8. The summed E-state index contributed by atoms with van der Waals surface area (Å²) in [6, 6.07) is 6.56. The summed E-state index contributed by atoms with van der Waals surface area (Å²) >= 11 is 0. The van der Waals surface area contributed by atoms with Gasteiger partial charge < -0.3 is 19.5 Å². The molecule has 0 bridgehead atoms. The second kappa shape index (κ2) is 8.92. The Labute approximate surface area is 183 Å². The quantitative estimate of drug-likeness (QED) is 0.372. The lowest BCUT2D eigenvalue weighted by atomic mass is 10.1. The SMILES string of the molecule is COc1cc(C(C)NC(=O)CN2C(=O)c3cccc([N+](=O)[O-])c3C2=O)cc(OC)c1OC. The summed E-state index contributed by atoms with van der Waals surface area (Å²) in [6.07, 6.45) is 0. The predicted octanol–water partition coefficient (Wildman–Crippen LogP) is 2.09. The lowest BCUT2D eigenvalue weighted by molar-refractivity contribution is -0.385. The summed E-state index contributed by atoms with van der Waals surface area (Å²) in [7, 11) is 4.40. The number of hydrogen-bond acceptors (Lipinski definition) is 8. The number of ether oxygens (including phenoxy) is 3. The van der Waals surface area contributed by atoms with Crippen molar-refractivity contribution in [1.82, 2.24) is 10.2 Å². The van der Waals surface area contributed by atoms with Crippen LogP contribution in [0.1, 0.15) is 39.2 Å². The van der Waals surface area contributed by atoms with Gasteiger partial charge in [0.15, 0.2) is 11.5 Å². The topological polar surface area (TPSA) is 137 Å². The zero-order valence-corrected chi connectivity index (χ0v) is 17.8. The van der Waals surface area contributed by atoms with Gasteiger partial charge in [0, 0.05) is 6.07 Å². The molecule has 3 rings (SSSR count). The molecule has 1 heterocycles. The van der Waals surface area contributed by atoms with Crippen LogP contribution in [0.25, 0.3) is 0 Å². The van der Waals surface area contributed by atoms with E-state index in [0.29, 0.717) is 27.7 Å². The van der Waals surface area contributed by atoms with Gasteiger partial charge in [-0.1, -0.05) is 6.07 Å². The smallest absolute Gasteiger partial charge is 0.282 e. The van der Waals surface area contributed by atoms with Crippen molar-refractivity contribution in [2.24, 2.45) is 0 Å². The van der Waals surface area contributed by atoms with Gasteiger partial charge in [-0.15, -0.1) is 0 Å². The molecule has 0 aromatic heterocycles. The number of nitrogens with zero attached hydrogens (tertiary/aromatic N) is 2. The van der Waals surface area contributed by atoms with E-state index in [1.807, 2.05) is 0 Å². The van der Waals surface area contributed by atoms with E-state index in [-0.39, 0.29) is 11.1 Å². The first kappa shape index (κ1) is 22.5. The Morgan fingerprint density at radius 1 is 1.09 bits per heavy atom. The Morgan fingerprint density at radius 2 is 1.72 bits per heavy atom. The van der Waals surface area contributed by atoms with Crippen molar-refractivity contribution in [3.63, 3.8) is 0 Å². The summed E-state index contributed by atoms with van der Waals surface area (Å²) in [4.78, 5) is 49.0. The van der Waals surface area contributed by atoms with E-state index in [1.54, 1.807) is 19.1 Å². The average molecular weight is 443 g/mol. The highest BCUT2D eigenvalue weighted by Crippen LogP contribution is 2.39. The van der Waals surface area contributed by atoms with E-state index >= 15 is 0 Å². The van der Waals surface area contributed by atoms with Crippen molar-refractivity contribution in [3.05, 3.63) is 57.1 Å². The Balaban J connectivity index is 1.78. The van der Waals surface area contributed by atoms with Crippen LogP contribution in [0.15, 0.2) is 30.3 Å². The number of carbonyl (C=O) groups is 3. The standard InChI is InChI=1S/C21H21N3O8/c1-11(12-8-15(30-2)19(32-4)16(9-12)31-3)22-17(25)10-23-20(26)13-6-5-7-14(24(28)29)18(13)21(23)27/h5-9,11H,10H2,1-4H3,(H,22,25). The third-order valence-electron chi connectivity index (χ3n) is 5.04. The van der Waals surface area contributed by atoms with Gasteiger partial charge in [0.25, 0.3) is 17.5 Å². The molecule has 0 fully saturated rings. The molecule has 168 valence electrons. The van der Waals surface area contributed by atoms with E-state index in [1.165, 1.54) is 33.5 Å². The Bertz CT molecular complexity index is 1090. The van der Waals surface area contributed by atoms with Crippen LogP contribution in [-0.4, -0.2) is 55.4 Å². The van der Waals surface area contributed by atoms with Crippen LogP contribution in [0, 0.1) is 10.1 Å². The largest absolute Gasteiger partial charge is 0.493 e. The Morgan fingerprint density at radius 3 is 2.25 bits per heavy atom. The first-order valence-electron chi connectivity index (χ1n) is 9.46. The van der Waals surface area contributed by atoms with Gasteiger partial charge in [-0.05, 0) is 30.7 Å². The zero-order valence-electron chi connectivity index (χ0n) is 17.8. The molecule has 1 N–H and O–H groups in total. The summed E-state index contributed by atoms with van der Waals surface area (Å²) in [5, 5.41) is 13.9. The Kier molecular flexibility index (Phi) is 6.28. The number of imide groups is 1. The fraction of sp³-hybridized carbons (Fsp3) is 0.286. The van der Waals surface area contributed by atoms with Crippen LogP contribution in [0.5, 0.6) is 17.2 Å². The second-order valence-corrected chi connectivity index (χ2v) is 6.90. The monoisotopic (exact) mass is 443 g/mol. The van der Waals surface area contributed by atoms with Crippen molar-refractivity contribution in [1.29, 1.82) is 0 Å². The number of nitrogens with one attached hydrogen (secondary N) is 1. The molecule has 2 aromatic carbocycles. The molecule has 0 spiro atoms. The number of benzene rings is 2. The van der Waals surface area contributed by atoms with Gasteiger partial charge >= 0.3 is 0 Å². The van der Waals surface area contributed by atoms with Crippen molar-refractivity contribution >= 4 is 23.4 Å². The lowest BCUT2D eigenvalue weighted by Crippen LogP contribution is -2.41. The van der Waals surface area contributed by atoms with Gasteiger partial charge in [-0.2, -0.15) is 0 Å². The molecule has 0 saturated heterocycles. The Hall–Kier alpha value is -4.15. The highest BCUT2D eigenvalue weighted by atomic mass is 16.6. The maximum atomic E-state index is 12.6. The molecule has 1 unspecified atom stereocenters. The normalized spacial score (nSPS) is 13.4. The number of nitro groups is 1. The number of hydrogen-bond donors (Lipinski definition) is 1. The van der Waals surface area contributed by atoms with Crippen LogP contribution >= 0.6 is 0 Å². The lowest BCUT2D eigenvalue weighted by Gasteiger charge is -2.20. The van der Waals surface area contributed by atoms with Gasteiger partial charge in [-0.3, -0.25) is 29.4 Å². The molecule has 3 amide bonds. The molecule has 2 aromatic rings. The fourth-order valence-electron chi connectivity index (χ4n) is 3.48. The third-order valence-corrected chi connectivity index (χ3v) is 5.04. The molecule has 32 heavy (non-hydrogen) atoms. The molecular weight excluding hydrogens is 422 g/mol. The number of nitro benzene ring substituents is 1. The molecule has 1 aliphatic rings. The van der Waals surface area contributed by atoms with E-state index in [0.717, 1.165) is 6.07 Å². The number of carbonyl (C=O) groups excluding carboxylic acids is 3. The minimum atomic E-state index is -0.882. The molecule has 0 saturated carbocycles. The number of rotatable bonds is 8. The van der Waals surface area contributed by atoms with E-state index < -0.39 is 40.9 Å². The summed E-state index contributed by atoms with van der Waals surface area (Å²) < 4.78 is 15.9. The first-order chi connectivity index (χ1) is 15.2. The zero-order chi connectivity index (χ0) is 23.6. The van der Waals surface area contributed by atoms with Crippen LogP contribution in [0.4, 0.5) is 5.69 Å². The van der Waals surface area contributed by atoms with E-state index in [2.05, 4.69) is 5.32 Å². The van der Waals surface area contributed by atoms with Gasteiger partial charge in [0.2, 0.25) is 11.7 Å². The van der Waals surface area contributed by atoms with Gasteiger partial charge in [0.05, 0.1) is 37.9 Å². The maximum Gasteiger partial charge on any atom is 0.282 e. The van der Waals surface area contributed by atoms with Gasteiger partial charge in [0.1, 0.15) is 12.1 Å². The van der Waals surface area contributed by atoms with Crippen LogP contribution in [-0.2, 0) is 4.79 Å². The average Bonchev–Trinajstić information content (AvgIpc) is 3.02. The third kappa shape index (κ3) is 3.92. The van der Waals surface area contributed by atoms with Crippen LogP contribution in [0.3, 0.4) is 0 Å². The number of methoxy groups -OCH3 is 3. The molecule has 0 radical (unpaired) electrons. The highest BCUT2D eigenvalue weighted by molar-refractivity contribution is 6.24. The van der Waals surface area contributed by atoms with Crippen LogP contribution < -0.4 is 19.5 Å². The maximum absolute atomic E-state index is 12.6. The second-order valence-electron chi connectivity index (χ2n) is 6.90. The summed E-state index contributed by atoms with van der Waals surface area (Å²) in [5.74, 6) is -1.07. The van der Waals surface area contributed by atoms with Crippen molar-refractivity contribution in [2.45, 2.75) is 13.0 Å². The molecule has 1 aliphatic heterocycles. The van der Waals surface area contributed by atoms with E-state index in [4.69, 9.17) is 14.2 Å². The highest BCUT2D eigenvalue weighted by Gasteiger charge is 2.41. The number of fused-ring (bicyclic) bond motifs is 1. The van der Waals surface area contributed by atoms with Crippen molar-refractivity contribution in [3.8, 4) is 17.2 Å². The minimum absolute atomic E-state index is 0.102. The predicted molar refractivity (Wildman–Crippen MR) is 111 cm³/mol. The first-order valence-corrected chi connectivity index (χ1v) is 9.46. The molecule has 11 heteroatoms. The molecule has 0 aliphatic carbocycles. The van der Waals surface area contributed by atoms with E-state index in [9.17, 15) is 24.5 Å². The minimum Gasteiger partial charge on any atom is -0.493 e. The molecule has 1 atom stereocenters. The summed E-state index contributed by atoms with van der Waals surface area (Å²) in [6.45, 7) is 1.12. The van der Waals surface area contributed by atoms with Crippen molar-refractivity contribution < 1.29 is 33.5 Å².